The molecule has 2 aliphatic rings. The highest BCUT2D eigenvalue weighted by Crippen LogP contribution is 2.53. The lowest BCUT2D eigenvalue weighted by molar-refractivity contribution is 0.155. The van der Waals surface area contributed by atoms with Gasteiger partial charge in [-0.25, -0.2) is 9.19 Å². The van der Waals surface area contributed by atoms with E-state index in [0.29, 0.717) is 10.4 Å². The highest BCUT2D eigenvalue weighted by atomic mass is 79.9. The molecule has 0 radical (unpaired) electrons. The van der Waals surface area contributed by atoms with Gasteiger partial charge in [-0.2, -0.15) is 5.10 Å². The molecule has 29 heavy (non-hydrogen) atoms. The number of fused-ring (bicyclic) bond motifs is 1. The fourth-order valence-electron chi connectivity index (χ4n) is 4.85. The van der Waals surface area contributed by atoms with Gasteiger partial charge in [0.25, 0.3) is 5.56 Å². The third-order valence-electron chi connectivity index (χ3n) is 6.69. The van der Waals surface area contributed by atoms with E-state index in [-0.39, 0.29) is 16.9 Å². The van der Waals surface area contributed by atoms with E-state index in [1.54, 1.807) is 17.8 Å². The van der Waals surface area contributed by atoms with Crippen LogP contribution >= 0.6 is 15.9 Å². The van der Waals surface area contributed by atoms with Gasteiger partial charge in [0.1, 0.15) is 4.47 Å². The second-order valence-electron chi connectivity index (χ2n) is 8.85. The number of nitrogens with zero attached hydrogens (tertiary/aromatic N) is 5. The molecular formula is C19H27BrN6O2S. The van der Waals surface area contributed by atoms with Crippen molar-refractivity contribution in [3.8, 4) is 0 Å². The average molecular weight is 483 g/mol. The van der Waals surface area contributed by atoms with Gasteiger partial charge in [-0.15, -0.1) is 0 Å². The van der Waals surface area contributed by atoms with Crippen LogP contribution in [0.4, 0.5) is 5.95 Å². The molecule has 1 unspecified atom stereocenters. The minimum absolute atomic E-state index is 0.0605. The Hall–Kier alpha value is -1.52. The van der Waals surface area contributed by atoms with Gasteiger partial charge in [0.15, 0.2) is 0 Å². The normalized spacial score (nSPS) is 22.1. The largest absolute Gasteiger partial charge is 0.342 e. The van der Waals surface area contributed by atoms with Crippen molar-refractivity contribution in [1.29, 1.82) is 0 Å². The second kappa shape index (κ2) is 7.31. The number of hydrogen-bond acceptors (Lipinski definition) is 5. The number of aromatic nitrogens is 4. The molecule has 2 aliphatic heterocycles. The van der Waals surface area contributed by atoms with Gasteiger partial charge in [0.05, 0.1) is 21.9 Å². The monoisotopic (exact) mass is 482 g/mol. The van der Waals surface area contributed by atoms with E-state index in [2.05, 4.69) is 41.7 Å². The zero-order valence-corrected chi connectivity index (χ0v) is 19.4. The number of rotatable bonds is 4. The van der Waals surface area contributed by atoms with Gasteiger partial charge in [-0.05, 0) is 55.1 Å². The first kappa shape index (κ1) is 20.7. The molecule has 1 fully saturated rings. The molecule has 1 saturated heterocycles. The Labute approximate surface area is 181 Å². The van der Waals surface area contributed by atoms with Crippen LogP contribution in [-0.2, 0) is 24.6 Å². The maximum Gasteiger partial charge on any atom is 0.268 e. The molecule has 0 saturated carbocycles. The van der Waals surface area contributed by atoms with Gasteiger partial charge in [-0.3, -0.25) is 19.2 Å². The van der Waals surface area contributed by atoms with Crippen LogP contribution in [-0.4, -0.2) is 41.4 Å². The van der Waals surface area contributed by atoms with Crippen LogP contribution in [0.5, 0.6) is 0 Å². The van der Waals surface area contributed by atoms with Crippen LogP contribution in [0.3, 0.4) is 0 Å². The summed E-state index contributed by atoms with van der Waals surface area (Å²) in [5.41, 5.74) is 1.19. The van der Waals surface area contributed by atoms with E-state index < -0.39 is 15.7 Å². The predicted octanol–water partition coefficient (Wildman–Crippen LogP) is 1.91. The molecule has 2 N–H and O–H groups in total. The summed E-state index contributed by atoms with van der Waals surface area (Å²) < 4.78 is 15.8. The van der Waals surface area contributed by atoms with Crippen LogP contribution in [0.1, 0.15) is 44.7 Å². The van der Waals surface area contributed by atoms with E-state index in [1.807, 2.05) is 20.0 Å². The van der Waals surface area contributed by atoms with Gasteiger partial charge >= 0.3 is 0 Å². The summed E-state index contributed by atoms with van der Waals surface area (Å²) in [4.78, 5) is 18.9. The molecule has 0 aliphatic carbocycles. The Balaban J connectivity index is 1.59. The molecule has 2 aromatic rings. The van der Waals surface area contributed by atoms with Gasteiger partial charge in [0.2, 0.25) is 5.95 Å². The van der Waals surface area contributed by atoms with Gasteiger partial charge < -0.3 is 4.90 Å². The molecule has 1 spiro atoms. The van der Waals surface area contributed by atoms with Crippen LogP contribution in [0.15, 0.2) is 27.7 Å². The molecular weight excluding hydrogens is 456 g/mol. The van der Waals surface area contributed by atoms with E-state index in [4.69, 9.17) is 5.14 Å². The standard InChI is InChI=1S/C19H27BrN6O2S/c1-18(2,29(21)28)10-13-15-4-7-23-26(15)12-19(13)5-8-25(9-6-19)17-22-11-14(20)16(27)24(17)3/h4,7,11,13H,5-6,8-10,12,21H2,1-3H3/t13-,29?/m1/s1. The SMILES string of the molecule is Cn1c(N2CCC3(CC2)Cn2nccc2[C@H]3CC(C)(C)S(N)=O)ncc(Br)c1=O. The molecule has 10 heteroatoms. The first-order valence-electron chi connectivity index (χ1n) is 9.79. The van der Waals surface area contributed by atoms with Crippen molar-refractivity contribution in [3.63, 3.8) is 0 Å². The molecule has 4 heterocycles. The zero-order chi connectivity index (χ0) is 21.0. The summed E-state index contributed by atoms with van der Waals surface area (Å²) in [5.74, 6) is 0.958. The first-order chi connectivity index (χ1) is 13.6. The summed E-state index contributed by atoms with van der Waals surface area (Å²) in [5, 5.41) is 10.3. The maximum atomic E-state index is 12.3. The number of piperidine rings is 1. The summed E-state index contributed by atoms with van der Waals surface area (Å²) in [6, 6.07) is 2.08. The predicted molar refractivity (Wildman–Crippen MR) is 117 cm³/mol. The Morgan fingerprint density at radius 1 is 1.38 bits per heavy atom. The lowest BCUT2D eigenvalue weighted by atomic mass is 9.67. The molecule has 158 valence electrons. The average Bonchev–Trinajstić information content (AvgIpc) is 3.22. The number of halogens is 1. The number of nitrogens with two attached hydrogens (primary N) is 1. The molecule has 2 atom stereocenters. The quantitative estimate of drug-likeness (QED) is 0.717. The van der Waals surface area contributed by atoms with Crippen LogP contribution in [0.25, 0.3) is 0 Å². The molecule has 0 aromatic carbocycles. The molecule has 2 aromatic heterocycles. The fraction of sp³-hybridized carbons (Fsp3) is 0.632. The van der Waals surface area contributed by atoms with Crippen molar-refractivity contribution in [2.24, 2.45) is 17.6 Å². The minimum atomic E-state index is -1.39. The van der Waals surface area contributed by atoms with E-state index in [1.165, 1.54) is 5.69 Å². The lowest BCUT2D eigenvalue weighted by Gasteiger charge is -2.44. The van der Waals surface area contributed by atoms with Crippen LogP contribution in [0, 0.1) is 5.41 Å². The summed E-state index contributed by atoms with van der Waals surface area (Å²) >= 11 is 3.25. The van der Waals surface area contributed by atoms with Crippen LogP contribution < -0.4 is 15.6 Å². The van der Waals surface area contributed by atoms with Crippen molar-refractivity contribution in [2.75, 3.05) is 18.0 Å². The van der Waals surface area contributed by atoms with Crippen molar-refractivity contribution in [3.05, 3.63) is 39.0 Å². The Bertz CT molecular complexity index is 1010. The lowest BCUT2D eigenvalue weighted by Crippen LogP contribution is -2.46. The van der Waals surface area contributed by atoms with E-state index >= 15 is 0 Å². The van der Waals surface area contributed by atoms with Crippen molar-refractivity contribution in [2.45, 2.75) is 50.3 Å². The molecule has 4 rings (SSSR count). The smallest absolute Gasteiger partial charge is 0.268 e. The Kier molecular flexibility index (Phi) is 5.23. The first-order valence-corrected chi connectivity index (χ1v) is 11.8. The van der Waals surface area contributed by atoms with Crippen molar-refractivity contribution >= 4 is 32.9 Å². The Morgan fingerprint density at radius 2 is 2.07 bits per heavy atom. The fourth-order valence-corrected chi connectivity index (χ4v) is 5.55. The van der Waals surface area contributed by atoms with E-state index in [9.17, 15) is 9.00 Å². The topological polar surface area (TPSA) is 99.0 Å². The summed E-state index contributed by atoms with van der Waals surface area (Å²) in [7, 11) is 0.362. The van der Waals surface area contributed by atoms with Gasteiger partial charge in [-0.1, -0.05) is 0 Å². The number of anilines is 1. The molecule has 8 nitrogen and oxygen atoms in total. The number of hydrogen-bond donors (Lipinski definition) is 1. The highest BCUT2D eigenvalue weighted by molar-refractivity contribution is 9.10. The summed E-state index contributed by atoms with van der Waals surface area (Å²) in [6.45, 7) is 6.46. The van der Waals surface area contributed by atoms with Crippen molar-refractivity contribution < 1.29 is 4.21 Å². The Morgan fingerprint density at radius 3 is 2.72 bits per heavy atom. The maximum absolute atomic E-state index is 12.3. The second-order valence-corrected chi connectivity index (χ2v) is 11.4. The van der Waals surface area contributed by atoms with Crippen molar-refractivity contribution in [1.82, 2.24) is 19.3 Å². The minimum Gasteiger partial charge on any atom is -0.342 e. The summed E-state index contributed by atoms with van der Waals surface area (Å²) in [6.07, 6.45) is 6.10. The van der Waals surface area contributed by atoms with Crippen LogP contribution in [0.2, 0.25) is 0 Å². The zero-order valence-electron chi connectivity index (χ0n) is 17.0. The van der Waals surface area contributed by atoms with E-state index in [0.717, 1.165) is 38.9 Å². The van der Waals surface area contributed by atoms with Gasteiger partial charge in [0, 0.05) is 49.9 Å². The molecule has 0 amide bonds. The highest BCUT2D eigenvalue weighted by Gasteiger charge is 2.50. The third-order valence-corrected chi connectivity index (χ3v) is 8.49. The molecule has 0 bridgehead atoms. The third kappa shape index (κ3) is 3.48.